The van der Waals surface area contributed by atoms with Gasteiger partial charge in [-0.3, -0.25) is 0 Å². The molecule has 1 heteroatoms. The topological polar surface area (TPSA) is 20.2 Å². The van der Waals surface area contributed by atoms with Gasteiger partial charge in [0.15, 0.2) is 0 Å². The van der Waals surface area contributed by atoms with Crippen LogP contribution in [-0.2, 0) is 6.42 Å². The van der Waals surface area contributed by atoms with Crippen LogP contribution < -0.4 is 0 Å². The van der Waals surface area contributed by atoms with Gasteiger partial charge in [0.2, 0.25) is 0 Å². The van der Waals surface area contributed by atoms with Gasteiger partial charge in [0.25, 0.3) is 0 Å². The van der Waals surface area contributed by atoms with Crippen LogP contribution in [0.25, 0.3) is 0 Å². The molecule has 0 aliphatic heterocycles. The molecule has 0 fully saturated rings. The quantitative estimate of drug-likeness (QED) is 0.219. The summed E-state index contributed by atoms with van der Waals surface area (Å²) in [5, 5.41) is 9.45. The Morgan fingerprint density at radius 2 is 1.23 bits per heavy atom. The summed E-state index contributed by atoms with van der Waals surface area (Å²) in [5.41, 5.74) is 1.26. The molecule has 148 valence electrons. The fraction of sp³-hybridized carbons (Fsp3) is 0.680. The van der Waals surface area contributed by atoms with E-state index in [4.69, 9.17) is 0 Å². The molecule has 0 unspecified atom stereocenters. The number of phenols is 1. The lowest BCUT2D eigenvalue weighted by Gasteiger charge is -2.02. The van der Waals surface area contributed by atoms with Gasteiger partial charge in [-0.15, -0.1) is 0 Å². The van der Waals surface area contributed by atoms with Crippen LogP contribution in [0, 0.1) is 0 Å². The van der Waals surface area contributed by atoms with Gasteiger partial charge in [0.1, 0.15) is 5.75 Å². The fourth-order valence-corrected chi connectivity index (χ4v) is 3.47. The van der Waals surface area contributed by atoms with Gasteiger partial charge < -0.3 is 5.11 Å². The molecule has 0 heterocycles. The zero-order chi connectivity index (χ0) is 18.7. The van der Waals surface area contributed by atoms with Crippen molar-refractivity contribution in [2.24, 2.45) is 0 Å². The number of benzene rings is 1. The Morgan fingerprint density at radius 1 is 0.692 bits per heavy atom. The molecular formula is C25H42O. The molecule has 0 aliphatic rings. The Labute approximate surface area is 162 Å². The van der Waals surface area contributed by atoms with Crippen molar-refractivity contribution in [2.45, 2.75) is 110 Å². The van der Waals surface area contributed by atoms with Crippen LogP contribution >= 0.6 is 0 Å². The third-order valence-corrected chi connectivity index (χ3v) is 5.14. The number of phenolic OH excluding ortho intramolecular Hbond substituents is 1. The van der Waals surface area contributed by atoms with Gasteiger partial charge in [-0.25, -0.2) is 0 Å². The van der Waals surface area contributed by atoms with Crippen molar-refractivity contribution >= 4 is 0 Å². The molecule has 0 spiro atoms. The smallest absolute Gasteiger partial charge is 0.115 e. The molecule has 0 saturated carbocycles. The number of allylic oxidation sites excluding steroid dienone is 2. The molecule has 0 atom stereocenters. The first kappa shape index (κ1) is 22.8. The second-order valence-electron chi connectivity index (χ2n) is 7.71. The fourth-order valence-electron chi connectivity index (χ4n) is 3.47. The van der Waals surface area contributed by atoms with Gasteiger partial charge in [-0.2, -0.15) is 0 Å². The molecular weight excluding hydrogens is 316 g/mol. The summed E-state index contributed by atoms with van der Waals surface area (Å²) in [4.78, 5) is 0. The van der Waals surface area contributed by atoms with E-state index in [1.54, 1.807) is 6.07 Å². The van der Waals surface area contributed by atoms with Crippen molar-refractivity contribution in [3.05, 3.63) is 42.0 Å². The van der Waals surface area contributed by atoms with Crippen LogP contribution in [0.15, 0.2) is 36.4 Å². The molecule has 1 N–H and O–H groups in total. The van der Waals surface area contributed by atoms with E-state index >= 15 is 0 Å². The standard InChI is InChI=1S/C25H42O/c1-2-3-4-5-6-7-8-9-10-11-12-13-14-15-16-17-18-20-24-21-19-22-25(26)23-24/h12-13,19,21-23,26H,2-11,14-18,20H2,1H3. The van der Waals surface area contributed by atoms with Crippen LogP contribution in [-0.4, -0.2) is 5.11 Å². The predicted octanol–water partition coefficient (Wildman–Crippen LogP) is 8.36. The Bertz CT molecular complexity index is 449. The summed E-state index contributed by atoms with van der Waals surface area (Å²) in [7, 11) is 0. The van der Waals surface area contributed by atoms with E-state index < -0.39 is 0 Å². The Kier molecular flexibility index (Phi) is 15.1. The highest BCUT2D eigenvalue weighted by atomic mass is 16.3. The minimum Gasteiger partial charge on any atom is -0.508 e. The van der Waals surface area contributed by atoms with Crippen molar-refractivity contribution in [3.63, 3.8) is 0 Å². The highest BCUT2D eigenvalue weighted by Crippen LogP contribution is 2.15. The van der Waals surface area contributed by atoms with E-state index in [1.807, 2.05) is 12.1 Å². The Hall–Kier alpha value is -1.24. The molecule has 0 bridgehead atoms. The molecule has 1 aromatic rings. The first-order valence-electron chi connectivity index (χ1n) is 11.3. The Balaban J connectivity index is 1.79. The van der Waals surface area contributed by atoms with Gasteiger partial charge >= 0.3 is 0 Å². The maximum absolute atomic E-state index is 9.45. The molecule has 0 aliphatic carbocycles. The van der Waals surface area contributed by atoms with E-state index in [0.29, 0.717) is 5.75 Å². The SMILES string of the molecule is CCCCCCCCCCCC=CCCCCCCc1cccc(O)c1. The summed E-state index contributed by atoms with van der Waals surface area (Å²) in [5.74, 6) is 0.389. The molecule has 1 aromatic carbocycles. The number of aryl methyl sites for hydroxylation is 1. The highest BCUT2D eigenvalue weighted by Gasteiger charge is 1.95. The lowest BCUT2D eigenvalue weighted by Crippen LogP contribution is -1.85. The van der Waals surface area contributed by atoms with E-state index in [1.165, 1.54) is 102 Å². The summed E-state index contributed by atoms with van der Waals surface area (Å²) < 4.78 is 0. The molecule has 0 radical (unpaired) electrons. The molecule has 0 saturated heterocycles. The largest absolute Gasteiger partial charge is 0.508 e. The summed E-state index contributed by atoms with van der Waals surface area (Å²) in [6, 6.07) is 7.66. The van der Waals surface area contributed by atoms with Crippen LogP contribution in [0.5, 0.6) is 5.75 Å². The maximum Gasteiger partial charge on any atom is 0.115 e. The van der Waals surface area contributed by atoms with E-state index in [0.717, 1.165) is 6.42 Å². The molecule has 0 amide bonds. The minimum absolute atomic E-state index is 0.389. The van der Waals surface area contributed by atoms with Crippen LogP contribution in [0.4, 0.5) is 0 Å². The minimum atomic E-state index is 0.389. The number of unbranched alkanes of at least 4 members (excludes halogenated alkanes) is 13. The molecule has 0 aromatic heterocycles. The lowest BCUT2D eigenvalue weighted by molar-refractivity contribution is 0.474. The summed E-state index contributed by atoms with van der Waals surface area (Å²) in [6.45, 7) is 2.28. The van der Waals surface area contributed by atoms with Gasteiger partial charge in [-0.05, 0) is 56.2 Å². The van der Waals surface area contributed by atoms with Gasteiger partial charge in [-0.1, -0.05) is 95.4 Å². The average molecular weight is 359 g/mol. The van der Waals surface area contributed by atoms with Crippen molar-refractivity contribution in [1.82, 2.24) is 0 Å². The zero-order valence-corrected chi connectivity index (χ0v) is 17.2. The third-order valence-electron chi connectivity index (χ3n) is 5.14. The Morgan fingerprint density at radius 3 is 1.81 bits per heavy atom. The lowest BCUT2D eigenvalue weighted by atomic mass is 10.0. The zero-order valence-electron chi connectivity index (χ0n) is 17.2. The van der Waals surface area contributed by atoms with Crippen molar-refractivity contribution < 1.29 is 5.11 Å². The average Bonchev–Trinajstić information content (AvgIpc) is 2.64. The van der Waals surface area contributed by atoms with Crippen molar-refractivity contribution in [1.29, 1.82) is 0 Å². The number of hydrogen-bond acceptors (Lipinski definition) is 1. The normalized spacial score (nSPS) is 11.4. The van der Waals surface area contributed by atoms with Crippen LogP contribution in [0.3, 0.4) is 0 Å². The summed E-state index contributed by atoms with van der Waals surface area (Å²) in [6.07, 6.45) is 26.3. The number of aromatic hydroxyl groups is 1. The van der Waals surface area contributed by atoms with Crippen LogP contribution in [0.2, 0.25) is 0 Å². The first-order chi connectivity index (χ1) is 12.8. The maximum atomic E-state index is 9.45. The van der Waals surface area contributed by atoms with E-state index in [-0.39, 0.29) is 0 Å². The molecule has 1 rings (SSSR count). The second-order valence-corrected chi connectivity index (χ2v) is 7.71. The van der Waals surface area contributed by atoms with E-state index in [9.17, 15) is 5.11 Å². The summed E-state index contributed by atoms with van der Waals surface area (Å²) >= 11 is 0. The first-order valence-corrected chi connectivity index (χ1v) is 11.3. The van der Waals surface area contributed by atoms with Crippen LogP contribution in [0.1, 0.15) is 109 Å². The molecule has 26 heavy (non-hydrogen) atoms. The van der Waals surface area contributed by atoms with Gasteiger partial charge in [0.05, 0.1) is 0 Å². The van der Waals surface area contributed by atoms with Crippen molar-refractivity contribution in [2.75, 3.05) is 0 Å². The molecule has 1 nitrogen and oxygen atoms in total. The predicted molar refractivity (Wildman–Crippen MR) is 116 cm³/mol. The van der Waals surface area contributed by atoms with E-state index in [2.05, 4.69) is 25.1 Å². The number of rotatable bonds is 17. The second kappa shape index (κ2) is 17.2. The monoisotopic (exact) mass is 358 g/mol. The van der Waals surface area contributed by atoms with Gasteiger partial charge in [0, 0.05) is 0 Å². The third kappa shape index (κ3) is 14.0. The van der Waals surface area contributed by atoms with Crippen molar-refractivity contribution in [3.8, 4) is 5.75 Å². The number of hydrogen-bond donors (Lipinski definition) is 1. The highest BCUT2D eigenvalue weighted by molar-refractivity contribution is 5.27.